The lowest BCUT2D eigenvalue weighted by atomic mass is 9.90. The second kappa shape index (κ2) is 5.08. The van der Waals surface area contributed by atoms with E-state index in [1.165, 1.54) is 0 Å². The van der Waals surface area contributed by atoms with Crippen molar-refractivity contribution in [2.75, 3.05) is 13.2 Å². The van der Waals surface area contributed by atoms with Gasteiger partial charge in [0.2, 0.25) is 0 Å². The molecule has 98 valence electrons. The Kier molecular flexibility index (Phi) is 3.68. The van der Waals surface area contributed by atoms with Gasteiger partial charge in [-0.15, -0.1) is 0 Å². The van der Waals surface area contributed by atoms with E-state index in [4.69, 9.17) is 15.2 Å². The number of nitrogens with two attached hydrogens (primary N) is 1. The third kappa shape index (κ3) is 2.71. The maximum absolute atomic E-state index is 12.3. The van der Waals surface area contributed by atoms with Gasteiger partial charge in [0.05, 0.1) is 12.7 Å². The molecule has 0 aromatic heterocycles. The van der Waals surface area contributed by atoms with Crippen LogP contribution in [0.3, 0.4) is 0 Å². The molecule has 1 aliphatic rings. The fraction of sp³-hybridized carbons (Fsp3) is 0.500. The number of benzene rings is 1. The van der Waals surface area contributed by atoms with Crippen molar-refractivity contribution in [3.05, 3.63) is 29.8 Å². The Labute approximate surface area is 107 Å². The molecule has 0 saturated carbocycles. The molecule has 1 atom stereocenters. The highest BCUT2D eigenvalue weighted by Gasteiger charge is 2.38. The molecule has 1 heterocycles. The Bertz CT molecular complexity index is 419. The Balaban J connectivity index is 2.12. The number of carbonyl (C=O) groups is 1. The zero-order valence-corrected chi connectivity index (χ0v) is 10.8. The maximum Gasteiger partial charge on any atom is 0.185 e. The fourth-order valence-corrected chi connectivity index (χ4v) is 2.00. The number of carbonyl (C=O) groups excluding carboxylic acids is 1. The summed E-state index contributed by atoms with van der Waals surface area (Å²) in [7, 11) is 0. The van der Waals surface area contributed by atoms with Crippen LogP contribution in [0.15, 0.2) is 24.3 Å². The van der Waals surface area contributed by atoms with Crippen LogP contribution in [-0.4, -0.2) is 30.6 Å². The quantitative estimate of drug-likeness (QED) is 0.826. The van der Waals surface area contributed by atoms with E-state index in [2.05, 4.69) is 0 Å². The standard InChI is InChI=1S/C14H19NO3/c1-10(2)18-12-5-3-11(4-6-12)13(16)14(15)7-8-17-9-14/h3-6,10H,7-9,15H2,1-2H3. The van der Waals surface area contributed by atoms with Gasteiger partial charge in [-0.25, -0.2) is 0 Å². The predicted octanol–water partition coefficient (Wildman–Crippen LogP) is 1.77. The summed E-state index contributed by atoms with van der Waals surface area (Å²) in [5.74, 6) is 0.700. The number of hydrogen-bond acceptors (Lipinski definition) is 4. The summed E-state index contributed by atoms with van der Waals surface area (Å²) in [6, 6.07) is 7.11. The predicted molar refractivity (Wildman–Crippen MR) is 68.9 cm³/mol. The summed E-state index contributed by atoms with van der Waals surface area (Å²) in [6.07, 6.45) is 0.700. The molecule has 1 saturated heterocycles. The van der Waals surface area contributed by atoms with Gasteiger partial charge < -0.3 is 15.2 Å². The molecule has 1 fully saturated rings. The largest absolute Gasteiger partial charge is 0.491 e. The smallest absolute Gasteiger partial charge is 0.185 e. The zero-order chi connectivity index (χ0) is 13.2. The third-order valence-electron chi connectivity index (χ3n) is 2.99. The lowest BCUT2D eigenvalue weighted by molar-refractivity contribution is 0.0863. The summed E-state index contributed by atoms with van der Waals surface area (Å²) in [5, 5.41) is 0. The van der Waals surface area contributed by atoms with Crippen molar-refractivity contribution in [2.24, 2.45) is 5.73 Å². The van der Waals surface area contributed by atoms with E-state index >= 15 is 0 Å². The molecule has 1 unspecified atom stereocenters. The first-order valence-corrected chi connectivity index (χ1v) is 6.19. The molecule has 4 heteroatoms. The Hall–Kier alpha value is -1.39. The molecule has 18 heavy (non-hydrogen) atoms. The van der Waals surface area contributed by atoms with Crippen LogP contribution in [0.2, 0.25) is 0 Å². The molecule has 1 aromatic carbocycles. The maximum atomic E-state index is 12.3. The van der Waals surface area contributed by atoms with E-state index in [-0.39, 0.29) is 11.9 Å². The van der Waals surface area contributed by atoms with E-state index in [0.29, 0.717) is 25.2 Å². The molecular weight excluding hydrogens is 230 g/mol. The molecule has 0 radical (unpaired) electrons. The Morgan fingerprint density at radius 2 is 2.06 bits per heavy atom. The molecule has 1 aliphatic heterocycles. The van der Waals surface area contributed by atoms with Crippen molar-refractivity contribution in [2.45, 2.75) is 31.9 Å². The van der Waals surface area contributed by atoms with Gasteiger partial charge >= 0.3 is 0 Å². The van der Waals surface area contributed by atoms with E-state index < -0.39 is 5.54 Å². The minimum Gasteiger partial charge on any atom is -0.491 e. The molecule has 4 nitrogen and oxygen atoms in total. The molecular formula is C14H19NO3. The third-order valence-corrected chi connectivity index (χ3v) is 2.99. The SMILES string of the molecule is CC(C)Oc1ccc(C(=O)C2(N)CCOC2)cc1. The molecule has 1 aromatic rings. The fourth-order valence-electron chi connectivity index (χ4n) is 2.00. The highest BCUT2D eigenvalue weighted by Crippen LogP contribution is 2.22. The van der Waals surface area contributed by atoms with Crippen LogP contribution in [0.5, 0.6) is 5.75 Å². The van der Waals surface area contributed by atoms with Crippen LogP contribution in [0.1, 0.15) is 30.6 Å². The van der Waals surface area contributed by atoms with Gasteiger partial charge in [-0.2, -0.15) is 0 Å². The number of rotatable bonds is 4. The summed E-state index contributed by atoms with van der Waals surface area (Å²) < 4.78 is 10.7. The van der Waals surface area contributed by atoms with Gasteiger partial charge in [-0.3, -0.25) is 4.79 Å². The topological polar surface area (TPSA) is 61.5 Å². The summed E-state index contributed by atoms with van der Waals surface area (Å²) in [6.45, 7) is 4.78. The van der Waals surface area contributed by atoms with Gasteiger partial charge in [-0.05, 0) is 44.5 Å². The van der Waals surface area contributed by atoms with Crippen molar-refractivity contribution in [3.8, 4) is 5.75 Å². The van der Waals surface area contributed by atoms with E-state index in [1.807, 2.05) is 13.8 Å². The molecule has 0 spiro atoms. The first-order valence-electron chi connectivity index (χ1n) is 6.19. The van der Waals surface area contributed by atoms with Crippen LogP contribution in [0.4, 0.5) is 0 Å². The molecule has 0 aliphatic carbocycles. The number of ether oxygens (including phenoxy) is 2. The van der Waals surface area contributed by atoms with Crippen molar-refractivity contribution in [1.29, 1.82) is 0 Å². The van der Waals surface area contributed by atoms with Crippen molar-refractivity contribution in [3.63, 3.8) is 0 Å². The van der Waals surface area contributed by atoms with E-state index in [1.54, 1.807) is 24.3 Å². The monoisotopic (exact) mass is 249 g/mol. The first-order chi connectivity index (χ1) is 8.51. The van der Waals surface area contributed by atoms with Crippen LogP contribution in [0, 0.1) is 0 Å². The summed E-state index contributed by atoms with van der Waals surface area (Å²) in [5.41, 5.74) is 5.80. The van der Waals surface area contributed by atoms with Gasteiger partial charge in [-0.1, -0.05) is 0 Å². The van der Waals surface area contributed by atoms with Crippen LogP contribution < -0.4 is 10.5 Å². The van der Waals surface area contributed by atoms with Gasteiger partial charge in [0.1, 0.15) is 11.3 Å². The van der Waals surface area contributed by atoms with E-state index in [0.717, 1.165) is 5.75 Å². The molecule has 2 N–H and O–H groups in total. The average Bonchev–Trinajstić information content (AvgIpc) is 2.77. The van der Waals surface area contributed by atoms with Gasteiger partial charge in [0, 0.05) is 12.2 Å². The highest BCUT2D eigenvalue weighted by molar-refractivity contribution is 6.03. The molecule has 2 rings (SSSR count). The summed E-state index contributed by atoms with van der Waals surface area (Å²) >= 11 is 0. The van der Waals surface area contributed by atoms with Crippen molar-refractivity contribution < 1.29 is 14.3 Å². The van der Waals surface area contributed by atoms with E-state index in [9.17, 15) is 4.79 Å². The molecule has 0 bridgehead atoms. The van der Waals surface area contributed by atoms with Crippen LogP contribution in [0.25, 0.3) is 0 Å². The second-order valence-corrected chi connectivity index (χ2v) is 4.98. The first kappa shape index (κ1) is 13.1. The summed E-state index contributed by atoms with van der Waals surface area (Å²) in [4.78, 5) is 12.3. The van der Waals surface area contributed by atoms with Crippen molar-refractivity contribution >= 4 is 5.78 Å². The average molecular weight is 249 g/mol. The van der Waals surface area contributed by atoms with Crippen molar-refractivity contribution in [1.82, 2.24) is 0 Å². The lowest BCUT2D eigenvalue weighted by Crippen LogP contribution is -2.48. The minimum atomic E-state index is -0.861. The highest BCUT2D eigenvalue weighted by atomic mass is 16.5. The van der Waals surface area contributed by atoms with Gasteiger partial charge in [0.25, 0.3) is 0 Å². The Morgan fingerprint density at radius 1 is 1.39 bits per heavy atom. The van der Waals surface area contributed by atoms with Crippen LogP contribution in [-0.2, 0) is 4.74 Å². The second-order valence-electron chi connectivity index (χ2n) is 4.98. The number of hydrogen-bond donors (Lipinski definition) is 1. The number of ketones is 1. The molecule has 0 amide bonds. The normalized spacial score (nSPS) is 23.3. The Morgan fingerprint density at radius 3 is 2.56 bits per heavy atom. The van der Waals surface area contributed by atoms with Crippen LogP contribution >= 0.6 is 0 Å². The van der Waals surface area contributed by atoms with Gasteiger partial charge in [0.15, 0.2) is 5.78 Å². The lowest BCUT2D eigenvalue weighted by Gasteiger charge is -2.20. The number of Topliss-reactive ketones (excluding diaryl/α,β-unsaturated/α-hetero) is 1. The minimum absolute atomic E-state index is 0.0592. The zero-order valence-electron chi connectivity index (χ0n) is 10.8.